The van der Waals surface area contributed by atoms with E-state index in [4.69, 9.17) is 9.84 Å². The summed E-state index contributed by atoms with van der Waals surface area (Å²) in [7, 11) is 0. The average Bonchev–Trinajstić information content (AvgIpc) is 2.27. The van der Waals surface area contributed by atoms with Crippen LogP contribution in [0.15, 0.2) is 18.2 Å². The maximum atomic E-state index is 11.8. The Bertz CT molecular complexity index is 357. The first kappa shape index (κ1) is 13.7. The van der Waals surface area contributed by atoms with Gasteiger partial charge in [-0.2, -0.15) is 0 Å². The quantitative estimate of drug-likeness (QED) is 0.727. The van der Waals surface area contributed by atoms with Gasteiger partial charge >= 0.3 is 0 Å². The molecule has 0 aliphatic carbocycles. The minimum atomic E-state index is -0.0931. The number of benzene rings is 1. The lowest BCUT2D eigenvalue weighted by atomic mass is 10.1. The average molecular weight is 237 g/mol. The SMILES string of the molecule is Cc1cc(C)cc(C(=O)NCCOCCO)c1. The normalized spacial score (nSPS) is 10.3. The molecule has 0 fully saturated rings. The van der Waals surface area contributed by atoms with E-state index in [9.17, 15) is 4.79 Å². The molecule has 0 radical (unpaired) electrons. The molecule has 1 amide bonds. The number of aliphatic hydroxyl groups is 1. The van der Waals surface area contributed by atoms with E-state index in [1.165, 1.54) is 0 Å². The maximum absolute atomic E-state index is 11.8. The Balaban J connectivity index is 2.41. The fourth-order valence-electron chi connectivity index (χ4n) is 1.61. The van der Waals surface area contributed by atoms with Gasteiger partial charge in [-0.1, -0.05) is 17.2 Å². The molecule has 0 atom stereocenters. The maximum Gasteiger partial charge on any atom is 0.251 e. The van der Waals surface area contributed by atoms with Gasteiger partial charge in [-0.3, -0.25) is 4.79 Å². The zero-order valence-electron chi connectivity index (χ0n) is 10.3. The van der Waals surface area contributed by atoms with E-state index in [1.807, 2.05) is 32.0 Å². The Morgan fingerprint density at radius 2 is 1.88 bits per heavy atom. The van der Waals surface area contributed by atoms with Crippen LogP contribution in [0.25, 0.3) is 0 Å². The molecule has 4 heteroatoms. The number of hydrogen-bond donors (Lipinski definition) is 2. The van der Waals surface area contributed by atoms with Gasteiger partial charge in [-0.25, -0.2) is 0 Å². The molecule has 4 nitrogen and oxygen atoms in total. The lowest BCUT2D eigenvalue weighted by molar-refractivity contribution is 0.0838. The molecule has 0 unspecified atom stereocenters. The van der Waals surface area contributed by atoms with Gasteiger partial charge < -0.3 is 15.2 Å². The van der Waals surface area contributed by atoms with Gasteiger partial charge in [0.1, 0.15) is 0 Å². The van der Waals surface area contributed by atoms with E-state index in [-0.39, 0.29) is 12.5 Å². The summed E-state index contributed by atoms with van der Waals surface area (Å²) in [6.07, 6.45) is 0. The van der Waals surface area contributed by atoms with Gasteiger partial charge in [0.05, 0.1) is 19.8 Å². The van der Waals surface area contributed by atoms with Crippen LogP contribution in [-0.4, -0.2) is 37.4 Å². The van der Waals surface area contributed by atoms with E-state index in [2.05, 4.69) is 5.32 Å². The standard InChI is InChI=1S/C13H19NO3/c1-10-7-11(2)9-12(8-10)13(16)14-3-5-17-6-4-15/h7-9,15H,3-6H2,1-2H3,(H,14,16). The number of hydrogen-bond acceptors (Lipinski definition) is 3. The Labute approximate surface area is 102 Å². The van der Waals surface area contributed by atoms with Gasteiger partial charge in [-0.05, 0) is 26.0 Å². The third-order valence-electron chi connectivity index (χ3n) is 2.25. The van der Waals surface area contributed by atoms with Crippen LogP contribution in [0.4, 0.5) is 0 Å². The predicted molar refractivity (Wildman–Crippen MR) is 66.2 cm³/mol. The number of nitrogens with one attached hydrogen (secondary N) is 1. The molecule has 17 heavy (non-hydrogen) atoms. The number of amides is 1. The van der Waals surface area contributed by atoms with E-state index >= 15 is 0 Å². The Kier molecular flexibility index (Phi) is 5.66. The van der Waals surface area contributed by atoms with Gasteiger partial charge in [0.15, 0.2) is 0 Å². The number of aryl methyl sites for hydroxylation is 2. The largest absolute Gasteiger partial charge is 0.394 e. The fraction of sp³-hybridized carbons (Fsp3) is 0.462. The van der Waals surface area contributed by atoms with Crippen molar-refractivity contribution in [3.05, 3.63) is 34.9 Å². The van der Waals surface area contributed by atoms with Crippen LogP contribution in [0.5, 0.6) is 0 Å². The third kappa shape index (κ3) is 4.97. The second-order valence-corrected chi connectivity index (χ2v) is 3.97. The molecule has 0 saturated heterocycles. The number of aliphatic hydroxyl groups excluding tert-OH is 1. The van der Waals surface area contributed by atoms with Crippen LogP contribution >= 0.6 is 0 Å². The van der Waals surface area contributed by atoms with Gasteiger partial charge in [0.25, 0.3) is 5.91 Å². The van der Waals surface area contributed by atoms with Gasteiger partial charge in [0.2, 0.25) is 0 Å². The van der Waals surface area contributed by atoms with Crippen molar-refractivity contribution in [2.24, 2.45) is 0 Å². The molecule has 1 aromatic carbocycles. The van der Waals surface area contributed by atoms with Crippen molar-refractivity contribution in [3.8, 4) is 0 Å². The first-order chi connectivity index (χ1) is 8.13. The predicted octanol–water partition coefficient (Wildman–Crippen LogP) is 1.04. The highest BCUT2D eigenvalue weighted by Crippen LogP contribution is 2.08. The first-order valence-corrected chi connectivity index (χ1v) is 5.68. The highest BCUT2D eigenvalue weighted by molar-refractivity contribution is 5.94. The molecule has 0 bridgehead atoms. The Morgan fingerprint density at radius 3 is 2.47 bits per heavy atom. The van der Waals surface area contributed by atoms with Crippen molar-refractivity contribution in [3.63, 3.8) is 0 Å². The first-order valence-electron chi connectivity index (χ1n) is 5.68. The van der Waals surface area contributed by atoms with Crippen LogP contribution in [0.2, 0.25) is 0 Å². The molecule has 0 aliphatic heterocycles. The van der Waals surface area contributed by atoms with Gasteiger partial charge in [0, 0.05) is 12.1 Å². The number of carbonyl (C=O) groups excluding carboxylic acids is 1. The van der Waals surface area contributed by atoms with Crippen LogP contribution in [0.1, 0.15) is 21.5 Å². The van der Waals surface area contributed by atoms with Crippen molar-refractivity contribution < 1.29 is 14.6 Å². The Morgan fingerprint density at radius 1 is 1.24 bits per heavy atom. The molecule has 1 rings (SSSR count). The molecule has 0 saturated carbocycles. The van der Waals surface area contributed by atoms with Crippen LogP contribution in [0, 0.1) is 13.8 Å². The number of rotatable bonds is 6. The zero-order chi connectivity index (χ0) is 12.7. The summed E-state index contributed by atoms with van der Waals surface area (Å²) in [6.45, 7) is 5.11. The van der Waals surface area contributed by atoms with Crippen LogP contribution < -0.4 is 5.32 Å². The van der Waals surface area contributed by atoms with Crippen molar-refractivity contribution >= 4 is 5.91 Å². The molecule has 0 heterocycles. The van der Waals surface area contributed by atoms with Crippen LogP contribution in [0.3, 0.4) is 0 Å². The summed E-state index contributed by atoms with van der Waals surface area (Å²) in [4.78, 5) is 11.8. The summed E-state index contributed by atoms with van der Waals surface area (Å²) in [6, 6.07) is 5.75. The van der Waals surface area contributed by atoms with E-state index in [1.54, 1.807) is 0 Å². The van der Waals surface area contributed by atoms with Gasteiger partial charge in [-0.15, -0.1) is 0 Å². The second kappa shape index (κ2) is 7.04. The lowest BCUT2D eigenvalue weighted by Crippen LogP contribution is -2.27. The molecule has 0 spiro atoms. The van der Waals surface area contributed by atoms with Crippen molar-refractivity contribution in [1.29, 1.82) is 0 Å². The third-order valence-corrected chi connectivity index (χ3v) is 2.25. The monoisotopic (exact) mass is 237 g/mol. The summed E-state index contributed by atoms with van der Waals surface area (Å²) in [5.74, 6) is -0.0931. The van der Waals surface area contributed by atoms with Crippen molar-refractivity contribution in [2.75, 3.05) is 26.4 Å². The molecular weight excluding hydrogens is 218 g/mol. The minimum Gasteiger partial charge on any atom is -0.394 e. The number of carbonyl (C=O) groups is 1. The highest BCUT2D eigenvalue weighted by Gasteiger charge is 2.05. The van der Waals surface area contributed by atoms with E-state index < -0.39 is 0 Å². The molecule has 2 N–H and O–H groups in total. The Hall–Kier alpha value is -1.39. The molecule has 94 valence electrons. The molecule has 0 aliphatic rings. The molecule has 0 aromatic heterocycles. The topological polar surface area (TPSA) is 58.6 Å². The summed E-state index contributed by atoms with van der Waals surface area (Å²) < 4.78 is 5.05. The summed E-state index contributed by atoms with van der Waals surface area (Å²) in [5.41, 5.74) is 2.82. The van der Waals surface area contributed by atoms with Crippen molar-refractivity contribution in [2.45, 2.75) is 13.8 Å². The second-order valence-electron chi connectivity index (χ2n) is 3.97. The lowest BCUT2D eigenvalue weighted by Gasteiger charge is -2.07. The fourth-order valence-corrected chi connectivity index (χ4v) is 1.61. The minimum absolute atomic E-state index is 0.00498. The van der Waals surface area contributed by atoms with Crippen molar-refractivity contribution in [1.82, 2.24) is 5.32 Å². The number of ether oxygens (including phenoxy) is 1. The highest BCUT2D eigenvalue weighted by atomic mass is 16.5. The van der Waals surface area contributed by atoms with E-state index in [0.29, 0.717) is 25.3 Å². The molecule has 1 aromatic rings. The van der Waals surface area contributed by atoms with Crippen LogP contribution in [-0.2, 0) is 4.74 Å². The molecular formula is C13H19NO3. The smallest absolute Gasteiger partial charge is 0.251 e. The van der Waals surface area contributed by atoms with E-state index in [0.717, 1.165) is 11.1 Å². The summed E-state index contributed by atoms with van der Waals surface area (Å²) in [5, 5.41) is 11.3. The zero-order valence-corrected chi connectivity index (χ0v) is 10.3. The summed E-state index contributed by atoms with van der Waals surface area (Å²) >= 11 is 0.